The Morgan fingerprint density at radius 1 is 0.939 bits per heavy atom. The molecule has 1 fully saturated rings. The van der Waals surface area contributed by atoms with Crippen LogP contribution in [0, 0.1) is 13.8 Å². The number of rotatable bonds is 5. The van der Waals surface area contributed by atoms with E-state index in [1.54, 1.807) is 26.0 Å². The van der Waals surface area contributed by atoms with Gasteiger partial charge in [0.25, 0.3) is 0 Å². The van der Waals surface area contributed by atoms with Crippen LogP contribution in [0.1, 0.15) is 11.3 Å². The lowest BCUT2D eigenvalue weighted by Crippen LogP contribution is -2.60. The fourth-order valence-corrected chi connectivity index (χ4v) is 4.29. The van der Waals surface area contributed by atoms with Crippen molar-refractivity contribution >= 4 is 21.5 Å². The highest BCUT2D eigenvalue weighted by atomic mass is 16.7. The molecule has 0 saturated carbocycles. The summed E-state index contributed by atoms with van der Waals surface area (Å²) in [7, 11) is 2.95. The molecule has 0 amide bonds. The quantitative estimate of drug-likeness (QED) is 0.401. The van der Waals surface area contributed by atoms with Gasteiger partial charge in [-0.3, -0.25) is 0 Å². The van der Waals surface area contributed by atoms with Crippen molar-refractivity contribution in [2.45, 2.75) is 44.6 Å². The fourth-order valence-electron chi connectivity index (χ4n) is 4.29. The summed E-state index contributed by atoms with van der Waals surface area (Å²) in [4.78, 5) is 12.7. The van der Waals surface area contributed by atoms with Crippen LogP contribution >= 0.6 is 0 Å². The Labute approximate surface area is 188 Å². The van der Waals surface area contributed by atoms with E-state index < -0.39 is 42.9 Å². The number of hydrogen-bond acceptors (Lipinski definition) is 10. The van der Waals surface area contributed by atoms with Crippen molar-refractivity contribution in [2.24, 2.45) is 0 Å². The lowest BCUT2D eigenvalue weighted by atomic mass is 9.96. The first-order valence-electron chi connectivity index (χ1n) is 10.3. The Bertz CT molecular complexity index is 1250. The highest BCUT2D eigenvalue weighted by Gasteiger charge is 2.45. The molecule has 0 bridgehead atoms. The summed E-state index contributed by atoms with van der Waals surface area (Å²) in [5.41, 5.74) is -0.00546. The molecule has 0 spiro atoms. The Morgan fingerprint density at radius 3 is 2.27 bits per heavy atom. The maximum absolute atomic E-state index is 12.7. The fraction of sp³-hybridized carbons (Fsp3) is 0.435. The van der Waals surface area contributed by atoms with Crippen LogP contribution in [0.3, 0.4) is 0 Å². The third-order valence-corrected chi connectivity index (χ3v) is 5.92. The van der Waals surface area contributed by atoms with E-state index in [-0.39, 0.29) is 5.75 Å². The van der Waals surface area contributed by atoms with Crippen molar-refractivity contribution in [3.63, 3.8) is 0 Å². The second-order valence-electron chi connectivity index (χ2n) is 7.95. The molecule has 10 heteroatoms. The van der Waals surface area contributed by atoms with Gasteiger partial charge >= 0.3 is 5.63 Å². The molecular formula is C23H26O10. The van der Waals surface area contributed by atoms with Crippen LogP contribution in [-0.4, -0.2) is 72.0 Å². The first-order valence-corrected chi connectivity index (χ1v) is 10.3. The van der Waals surface area contributed by atoms with E-state index in [9.17, 15) is 25.2 Å². The predicted octanol–water partition coefficient (Wildman–Crippen LogP) is 0.759. The SMILES string of the molecule is COc1cc(OC2O[C@H](CO)[C@@H](O)[C@H](O)[C@H]2O)c2c(C)c3c(=O)oc(C)cc3c(OC)c2c1. The van der Waals surface area contributed by atoms with Gasteiger partial charge in [-0.2, -0.15) is 0 Å². The zero-order valence-corrected chi connectivity index (χ0v) is 18.6. The lowest BCUT2D eigenvalue weighted by Gasteiger charge is -2.39. The molecule has 10 nitrogen and oxygen atoms in total. The molecule has 4 N–H and O–H groups in total. The Morgan fingerprint density at radius 2 is 1.64 bits per heavy atom. The van der Waals surface area contributed by atoms with Crippen LogP contribution in [0.5, 0.6) is 17.2 Å². The Hall–Kier alpha value is -2.89. The summed E-state index contributed by atoms with van der Waals surface area (Å²) < 4.78 is 27.8. The molecule has 2 aromatic carbocycles. The molecule has 1 saturated heterocycles. The van der Waals surface area contributed by atoms with E-state index in [1.807, 2.05) is 0 Å². The van der Waals surface area contributed by atoms with E-state index in [2.05, 4.69) is 0 Å². The van der Waals surface area contributed by atoms with Gasteiger partial charge < -0.3 is 43.8 Å². The van der Waals surface area contributed by atoms with Crippen LogP contribution in [-0.2, 0) is 4.74 Å². The second kappa shape index (κ2) is 8.81. The van der Waals surface area contributed by atoms with Gasteiger partial charge in [0, 0.05) is 22.2 Å². The molecule has 5 atom stereocenters. The summed E-state index contributed by atoms with van der Waals surface area (Å²) in [6, 6.07) is 4.97. The zero-order valence-electron chi connectivity index (χ0n) is 18.6. The molecule has 4 rings (SSSR count). The molecule has 0 radical (unpaired) electrons. The highest BCUT2D eigenvalue weighted by Crippen LogP contribution is 2.44. The average molecular weight is 462 g/mol. The maximum atomic E-state index is 12.7. The van der Waals surface area contributed by atoms with Crippen molar-refractivity contribution in [1.82, 2.24) is 0 Å². The normalized spacial score (nSPS) is 25.4. The first kappa shape index (κ1) is 23.3. The van der Waals surface area contributed by atoms with E-state index in [1.165, 1.54) is 20.3 Å². The second-order valence-corrected chi connectivity index (χ2v) is 7.95. The summed E-state index contributed by atoms with van der Waals surface area (Å²) in [6.07, 6.45) is -7.31. The highest BCUT2D eigenvalue weighted by molar-refractivity contribution is 6.10. The summed E-state index contributed by atoms with van der Waals surface area (Å²) in [5, 5.41) is 42.0. The Kier molecular flexibility index (Phi) is 6.21. The number of aliphatic hydroxyl groups excluding tert-OH is 4. The van der Waals surface area contributed by atoms with Gasteiger partial charge in [0.15, 0.2) is 0 Å². The topological polar surface area (TPSA) is 148 Å². The van der Waals surface area contributed by atoms with Crippen molar-refractivity contribution < 1.29 is 43.8 Å². The number of benzene rings is 2. The number of hydrogen-bond donors (Lipinski definition) is 4. The van der Waals surface area contributed by atoms with Crippen LogP contribution < -0.4 is 19.8 Å². The molecule has 2 heterocycles. The summed E-state index contributed by atoms with van der Waals surface area (Å²) in [6.45, 7) is 2.80. The minimum absolute atomic E-state index is 0.173. The zero-order chi connectivity index (χ0) is 24.0. The molecule has 1 unspecified atom stereocenters. The number of aryl methyl sites for hydroxylation is 2. The summed E-state index contributed by atoms with van der Waals surface area (Å²) in [5.74, 6) is 1.40. The van der Waals surface area contributed by atoms with Crippen molar-refractivity contribution in [2.75, 3.05) is 20.8 Å². The van der Waals surface area contributed by atoms with Crippen molar-refractivity contribution in [1.29, 1.82) is 0 Å². The van der Waals surface area contributed by atoms with E-state index in [0.717, 1.165) is 0 Å². The monoisotopic (exact) mass is 462 g/mol. The average Bonchev–Trinajstić information content (AvgIpc) is 2.78. The third kappa shape index (κ3) is 3.79. The lowest BCUT2D eigenvalue weighted by molar-refractivity contribution is -0.277. The van der Waals surface area contributed by atoms with Crippen LogP contribution in [0.4, 0.5) is 0 Å². The molecular weight excluding hydrogens is 436 g/mol. The minimum atomic E-state index is -1.61. The molecule has 1 aromatic heterocycles. The van der Waals surface area contributed by atoms with Crippen LogP contribution in [0.15, 0.2) is 27.4 Å². The van der Waals surface area contributed by atoms with Gasteiger partial charge in [0.2, 0.25) is 6.29 Å². The minimum Gasteiger partial charge on any atom is -0.497 e. The van der Waals surface area contributed by atoms with Gasteiger partial charge in [0.05, 0.1) is 26.2 Å². The van der Waals surface area contributed by atoms with E-state index in [0.29, 0.717) is 44.4 Å². The maximum Gasteiger partial charge on any atom is 0.344 e. The Balaban J connectivity index is 1.97. The number of aliphatic hydroxyl groups is 4. The van der Waals surface area contributed by atoms with Crippen molar-refractivity contribution in [3.05, 3.63) is 39.9 Å². The molecule has 0 aliphatic carbocycles. The number of ether oxygens (including phenoxy) is 4. The van der Waals surface area contributed by atoms with Gasteiger partial charge in [-0.25, -0.2) is 4.79 Å². The van der Waals surface area contributed by atoms with E-state index in [4.69, 9.17) is 23.4 Å². The van der Waals surface area contributed by atoms with Gasteiger partial charge in [-0.1, -0.05) is 0 Å². The number of fused-ring (bicyclic) bond motifs is 2. The first-order chi connectivity index (χ1) is 15.7. The molecule has 1 aliphatic rings. The van der Waals surface area contributed by atoms with Gasteiger partial charge in [0.1, 0.15) is 47.4 Å². The van der Waals surface area contributed by atoms with Crippen LogP contribution in [0.25, 0.3) is 21.5 Å². The van der Waals surface area contributed by atoms with Crippen LogP contribution in [0.2, 0.25) is 0 Å². The molecule has 1 aliphatic heterocycles. The predicted molar refractivity (Wildman–Crippen MR) is 117 cm³/mol. The number of methoxy groups -OCH3 is 2. The standard InChI is InChI=1S/C23H26O10/c1-9-5-12-17(22(28)31-9)10(2)16-13(21(12)30-4)6-11(29-3)7-14(16)32-23-20(27)19(26)18(25)15(8-24)33-23/h5-7,15,18-20,23-27H,8H2,1-4H3/t15-,18-,19+,20-,23?/m1/s1. The van der Waals surface area contributed by atoms with Gasteiger partial charge in [-0.15, -0.1) is 0 Å². The molecule has 3 aromatic rings. The van der Waals surface area contributed by atoms with E-state index >= 15 is 0 Å². The van der Waals surface area contributed by atoms with Gasteiger partial charge in [-0.05, 0) is 31.5 Å². The molecule has 33 heavy (non-hydrogen) atoms. The van der Waals surface area contributed by atoms with Crippen molar-refractivity contribution in [3.8, 4) is 17.2 Å². The smallest absolute Gasteiger partial charge is 0.344 e. The molecule has 178 valence electrons. The largest absolute Gasteiger partial charge is 0.497 e. The summed E-state index contributed by atoms with van der Waals surface area (Å²) >= 11 is 0. The third-order valence-electron chi connectivity index (χ3n) is 5.92.